The van der Waals surface area contributed by atoms with Gasteiger partial charge < -0.3 is 33.2 Å². The molecule has 2 atom stereocenters. The average Bonchev–Trinajstić information content (AvgIpc) is 3.18. The molecular formula is C48H68O12. The second kappa shape index (κ2) is 21.4. The van der Waals surface area contributed by atoms with Gasteiger partial charge in [0.25, 0.3) is 0 Å². The maximum atomic E-state index is 14.5. The fourth-order valence-corrected chi connectivity index (χ4v) is 7.39. The van der Waals surface area contributed by atoms with E-state index in [9.17, 15) is 24.0 Å². The van der Waals surface area contributed by atoms with Gasteiger partial charge in [0.2, 0.25) is 0 Å². The van der Waals surface area contributed by atoms with Crippen molar-refractivity contribution in [3.05, 3.63) is 71.8 Å². The Hall–Kier alpha value is -5.13. The van der Waals surface area contributed by atoms with Gasteiger partial charge in [0, 0.05) is 12.2 Å². The quantitative estimate of drug-likeness (QED) is 0.0511. The van der Waals surface area contributed by atoms with Crippen molar-refractivity contribution in [3.8, 4) is 11.5 Å². The number of hydrogen-bond donors (Lipinski definition) is 0. The highest BCUT2D eigenvalue weighted by Crippen LogP contribution is 2.62. The summed E-state index contributed by atoms with van der Waals surface area (Å²) in [5, 5.41) is 0. The molecule has 0 bridgehead atoms. The van der Waals surface area contributed by atoms with E-state index < -0.39 is 56.9 Å². The molecule has 0 aliphatic heterocycles. The van der Waals surface area contributed by atoms with Crippen LogP contribution in [0.15, 0.2) is 60.7 Å². The smallest absolute Gasteiger partial charge is 0.330 e. The Morgan fingerprint density at radius 3 is 1.32 bits per heavy atom. The van der Waals surface area contributed by atoms with E-state index in [1.807, 2.05) is 55.4 Å². The maximum Gasteiger partial charge on any atom is 0.330 e. The first-order valence-electron chi connectivity index (χ1n) is 20.2. The van der Waals surface area contributed by atoms with Crippen LogP contribution in [0.3, 0.4) is 0 Å². The van der Waals surface area contributed by atoms with Gasteiger partial charge >= 0.3 is 29.8 Å². The summed E-state index contributed by atoms with van der Waals surface area (Å²) in [6.07, 6.45) is 6.30. The Labute approximate surface area is 357 Å². The van der Waals surface area contributed by atoms with Crippen molar-refractivity contribution in [1.82, 2.24) is 0 Å². The van der Waals surface area contributed by atoms with E-state index in [4.69, 9.17) is 23.7 Å². The first-order chi connectivity index (χ1) is 27.8. The van der Waals surface area contributed by atoms with Crippen LogP contribution in [0.1, 0.15) is 107 Å². The van der Waals surface area contributed by atoms with Crippen LogP contribution in [0, 0.1) is 32.5 Å². The first kappa shape index (κ1) is 51.0. The number of ether oxygens (including phenoxy) is 7. The predicted molar refractivity (Wildman–Crippen MR) is 231 cm³/mol. The third-order valence-corrected chi connectivity index (χ3v) is 11.8. The Bertz CT molecular complexity index is 1810. The molecule has 0 radical (unpaired) electrons. The fraction of sp³-hybridized carbons (Fsp3) is 0.562. The Balaban J connectivity index is 2.33. The second-order valence-electron chi connectivity index (χ2n) is 18.7. The molecule has 0 saturated carbocycles. The van der Waals surface area contributed by atoms with Crippen molar-refractivity contribution < 1.29 is 57.1 Å². The summed E-state index contributed by atoms with van der Waals surface area (Å²) in [5.41, 5.74) is -3.59. The van der Waals surface area contributed by atoms with E-state index in [2.05, 4.69) is 30.2 Å². The normalized spacial score (nSPS) is 14.4. The van der Waals surface area contributed by atoms with Crippen LogP contribution in [-0.4, -0.2) is 77.6 Å². The van der Waals surface area contributed by atoms with Crippen molar-refractivity contribution >= 4 is 42.0 Å². The average molecular weight is 837 g/mol. The van der Waals surface area contributed by atoms with Gasteiger partial charge in [-0.25, -0.2) is 9.59 Å². The van der Waals surface area contributed by atoms with Gasteiger partial charge in [0.1, 0.15) is 37.9 Å². The van der Waals surface area contributed by atoms with Gasteiger partial charge in [0.05, 0.1) is 38.6 Å². The maximum absolute atomic E-state index is 14.5. The lowest BCUT2D eigenvalue weighted by atomic mass is 9.46. The SMILES string of the molecule is COC(=O)/C=C/c1ccc(OCCOC(=O)C(C)(CC(C)(C)C)C(C)(C)C(C)(C)CC(CC(=O)OC)(C(=O)OCCOc2ccc(/C=C/C(=O)OC)cc2)C(C)(C)C)cc1. The van der Waals surface area contributed by atoms with Crippen LogP contribution in [-0.2, 0) is 47.7 Å². The van der Waals surface area contributed by atoms with Gasteiger partial charge in [-0.3, -0.25) is 14.4 Å². The highest BCUT2D eigenvalue weighted by molar-refractivity contribution is 5.87. The minimum Gasteiger partial charge on any atom is -0.490 e. The number of carbonyl (C=O) groups is 5. The number of benzene rings is 2. The molecule has 2 rings (SSSR count). The molecule has 0 heterocycles. The van der Waals surface area contributed by atoms with E-state index in [1.165, 1.54) is 33.5 Å². The third-order valence-electron chi connectivity index (χ3n) is 11.8. The molecule has 2 unspecified atom stereocenters. The molecule has 60 heavy (non-hydrogen) atoms. The molecule has 0 spiro atoms. The van der Waals surface area contributed by atoms with Crippen molar-refractivity contribution in [2.75, 3.05) is 47.8 Å². The highest BCUT2D eigenvalue weighted by Gasteiger charge is 2.62. The van der Waals surface area contributed by atoms with E-state index in [1.54, 1.807) is 60.7 Å². The van der Waals surface area contributed by atoms with E-state index in [-0.39, 0.29) is 44.7 Å². The van der Waals surface area contributed by atoms with Crippen LogP contribution in [0.5, 0.6) is 11.5 Å². The molecular weight excluding hydrogens is 769 g/mol. The highest BCUT2D eigenvalue weighted by atomic mass is 16.6. The zero-order valence-electron chi connectivity index (χ0n) is 38.3. The lowest BCUT2D eigenvalue weighted by molar-refractivity contribution is -0.186. The molecule has 12 nitrogen and oxygen atoms in total. The van der Waals surface area contributed by atoms with Crippen molar-refractivity contribution in [1.29, 1.82) is 0 Å². The minimum absolute atomic E-state index is 0.00166. The standard InChI is InChI=1S/C48H68O12/c1-43(2,3)32-47(11,41(52)59-29-27-57-36-21-15-34(16-22-36)19-25-38(49)54-12)46(9,10)45(7,8)33-48(44(4,5)6,31-40(51)56-14)42(53)60-30-28-58-37-23-17-35(18-24-37)20-26-39(50)55-13/h15-26H,27-33H2,1-14H3/b25-19+,26-20+. The van der Waals surface area contributed by atoms with Crippen molar-refractivity contribution in [3.63, 3.8) is 0 Å². The Morgan fingerprint density at radius 1 is 0.533 bits per heavy atom. The van der Waals surface area contributed by atoms with E-state index >= 15 is 0 Å². The molecule has 2 aromatic rings. The summed E-state index contributed by atoms with van der Waals surface area (Å²) in [6.45, 7) is 22.0. The molecule has 2 aromatic carbocycles. The zero-order chi connectivity index (χ0) is 45.6. The predicted octanol–water partition coefficient (Wildman–Crippen LogP) is 9.08. The molecule has 0 aliphatic rings. The topological polar surface area (TPSA) is 150 Å². The van der Waals surface area contributed by atoms with Crippen LogP contribution in [0.2, 0.25) is 0 Å². The van der Waals surface area contributed by atoms with Gasteiger partial charge in [-0.15, -0.1) is 0 Å². The molecule has 0 N–H and O–H groups in total. The summed E-state index contributed by atoms with van der Waals surface area (Å²) in [6, 6.07) is 14.1. The lowest BCUT2D eigenvalue weighted by Crippen LogP contribution is -2.57. The molecule has 0 saturated heterocycles. The van der Waals surface area contributed by atoms with Gasteiger partial charge in [0.15, 0.2) is 0 Å². The van der Waals surface area contributed by atoms with Gasteiger partial charge in [-0.1, -0.05) is 93.5 Å². The number of methoxy groups -OCH3 is 3. The first-order valence-corrected chi connectivity index (χ1v) is 20.2. The van der Waals surface area contributed by atoms with Crippen molar-refractivity contribution in [2.24, 2.45) is 32.5 Å². The van der Waals surface area contributed by atoms with Crippen LogP contribution in [0.4, 0.5) is 0 Å². The summed E-state index contributed by atoms with van der Waals surface area (Å²) < 4.78 is 38.1. The molecule has 12 heteroatoms. The van der Waals surface area contributed by atoms with Crippen LogP contribution < -0.4 is 9.47 Å². The van der Waals surface area contributed by atoms with Gasteiger partial charge in [-0.05, 0) is 89.0 Å². The summed E-state index contributed by atoms with van der Waals surface area (Å²) in [4.78, 5) is 65.0. The van der Waals surface area contributed by atoms with Gasteiger partial charge in [-0.2, -0.15) is 0 Å². The summed E-state index contributed by atoms with van der Waals surface area (Å²) >= 11 is 0. The number of esters is 5. The Morgan fingerprint density at radius 2 is 0.950 bits per heavy atom. The molecule has 0 aromatic heterocycles. The van der Waals surface area contributed by atoms with Crippen molar-refractivity contribution in [2.45, 2.75) is 95.4 Å². The largest absolute Gasteiger partial charge is 0.490 e. The molecule has 0 amide bonds. The fourth-order valence-electron chi connectivity index (χ4n) is 7.39. The second-order valence-corrected chi connectivity index (χ2v) is 18.7. The van der Waals surface area contributed by atoms with E-state index in [0.29, 0.717) is 17.9 Å². The summed E-state index contributed by atoms with van der Waals surface area (Å²) in [7, 11) is 3.91. The summed E-state index contributed by atoms with van der Waals surface area (Å²) in [5.74, 6) is -1.33. The zero-order valence-corrected chi connectivity index (χ0v) is 38.3. The molecule has 332 valence electrons. The monoisotopic (exact) mass is 836 g/mol. The Kier molecular flexibility index (Phi) is 18.2. The molecule has 0 fully saturated rings. The third kappa shape index (κ3) is 14.0. The van der Waals surface area contributed by atoms with Crippen LogP contribution >= 0.6 is 0 Å². The molecule has 0 aliphatic carbocycles. The van der Waals surface area contributed by atoms with E-state index in [0.717, 1.165) is 11.1 Å². The number of hydrogen-bond acceptors (Lipinski definition) is 12. The lowest BCUT2D eigenvalue weighted by Gasteiger charge is -2.57. The number of carbonyl (C=O) groups excluding carboxylic acids is 5. The number of rotatable bonds is 21. The van der Waals surface area contributed by atoms with Crippen LogP contribution in [0.25, 0.3) is 12.2 Å². The minimum atomic E-state index is -1.38.